The molecule has 100 valence electrons. The molecule has 0 heterocycles. The number of nitrogens with one attached hydrogen (secondary N) is 1. The zero-order chi connectivity index (χ0) is 13.8. The number of halogens is 1. The highest BCUT2D eigenvalue weighted by Crippen LogP contribution is 2.17. The highest BCUT2D eigenvalue weighted by Gasteiger charge is 2.30. The molecule has 6 N–H and O–H groups in total. The van der Waals surface area contributed by atoms with Crippen molar-refractivity contribution in [3.8, 4) is 0 Å². The van der Waals surface area contributed by atoms with E-state index in [1.54, 1.807) is 0 Å². The van der Waals surface area contributed by atoms with Crippen LogP contribution in [-0.4, -0.2) is 46.6 Å². The number of aliphatic hydroxyl groups is 3. The molecule has 0 saturated heterocycles. The molecule has 0 unspecified atom stereocenters. The number of aliphatic hydroxyl groups excluding tert-OH is 3. The first-order chi connectivity index (χ1) is 8.46. The average Bonchev–Trinajstić information content (AvgIpc) is 2.35. The summed E-state index contributed by atoms with van der Waals surface area (Å²) in [4.78, 5) is 11.9. The van der Waals surface area contributed by atoms with Crippen molar-refractivity contribution in [2.24, 2.45) is 0 Å². The lowest BCUT2D eigenvalue weighted by molar-refractivity contribution is 0.0375. The fourth-order valence-corrected chi connectivity index (χ4v) is 1.57. The quantitative estimate of drug-likeness (QED) is 0.459. The summed E-state index contributed by atoms with van der Waals surface area (Å²) in [6, 6.07) is 4.28. The molecule has 1 rings (SSSR count). The minimum atomic E-state index is -1.48. The molecule has 0 aromatic heterocycles. The molecule has 6 nitrogen and oxygen atoms in total. The van der Waals surface area contributed by atoms with Gasteiger partial charge in [0, 0.05) is 16.3 Å². The molecule has 0 aliphatic rings. The number of amides is 1. The fraction of sp³-hybridized carbons (Fsp3) is 0.364. The molecule has 0 aliphatic heterocycles. The van der Waals surface area contributed by atoms with Gasteiger partial charge in [-0.1, -0.05) is 11.6 Å². The van der Waals surface area contributed by atoms with Gasteiger partial charge in [0.05, 0.1) is 19.8 Å². The van der Waals surface area contributed by atoms with E-state index in [9.17, 15) is 4.79 Å². The van der Waals surface area contributed by atoms with E-state index in [0.29, 0.717) is 10.7 Å². The van der Waals surface area contributed by atoms with Gasteiger partial charge in [0.15, 0.2) is 0 Å². The number of hydrogen-bond donors (Lipinski definition) is 5. The largest absolute Gasteiger partial charge is 0.399 e. The summed E-state index contributed by atoms with van der Waals surface area (Å²) in [6.07, 6.45) is 0. The molecular formula is C11H15ClN2O4. The Labute approximate surface area is 109 Å². The first kappa shape index (κ1) is 14.7. The smallest absolute Gasteiger partial charge is 0.252 e. The second-order valence-corrected chi connectivity index (χ2v) is 4.42. The summed E-state index contributed by atoms with van der Waals surface area (Å²) >= 11 is 5.76. The monoisotopic (exact) mass is 274 g/mol. The lowest BCUT2D eigenvalue weighted by Gasteiger charge is -2.28. The highest BCUT2D eigenvalue weighted by molar-refractivity contribution is 6.31. The van der Waals surface area contributed by atoms with Gasteiger partial charge in [0.2, 0.25) is 0 Å². The van der Waals surface area contributed by atoms with E-state index in [0.717, 1.165) is 0 Å². The third-order valence-corrected chi connectivity index (χ3v) is 2.69. The molecule has 0 bridgehead atoms. The third-order valence-electron chi connectivity index (χ3n) is 2.47. The lowest BCUT2D eigenvalue weighted by Crippen LogP contribution is -2.57. The molecular weight excluding hydrogens is 260 g/mol. The van der Waals surface area contributed by atoms with Gasteiger partial charge in [-0.05, 0) is 18.2 Å². The Hall–Kier alpha value is -1.34. The van der Waals surface area contributed by atoms with Gasteiger partial charge < -0.3 is 26.4 Å². The van der Waals surface area contributed by atoms with Gasteiger partial charge in [-0.15, -0.1) is 0 Å². The van der Waals surface area contributed by atoms with Crippen molar-refractivity contribution in [1.29, 1.82) is 0 Å². The van der Waals surface area contributed by atoms with Crippen LogP contribution in [0, 0.1) is 0 Å². The molecule has 1 aromatic carbocycles. The number of nitrogens with two attached hydrogens (primary N) is 1. The summed E-state index contributed by atoms with van der Waals surface area (Å²) in [7, 11) is 0. The predicted octanol–water partition coefficient (Wildman–Crippen LogP) is -0.632. The van der Waals surface area contributed by atoms with E-state index in [1.165, 1.54) is 18.2 Å². The second-order valence-electron chi connectivity index (χ2n) is 3.98. The van der Waals surface area contributed by atoms with Crippen molar-refractivity contribution in [3.63, 3.8) is 0 Å². The zero-order valence-electron chi connectivity index (χ0n) is 9.56. The summed E-state index contributed by atoms with van der Waals surface area (Å²) in [6.45, 7) is -1.79. The number of rotatable bonds is 5. The molecule has 0 aliphatic carbocycles. The number of nitrogen functional groups attached to an aromatic ring is 1. The number of anilines is 1. The zero-order valence-corrected chi connectivity index (χ0v) is 10.3. The first-order valence-electron chi connectivity index (χ1n) is 5.17. The van der Waals surface area contributed by atoms with Crippen LogP contribution in [0.3, 0.4) is 0 Å². The van der Waals surface area contributed by atoms with Crippen LogP contribution in [0.5, 0.6) is 0 Å². The number of carbonyl (C=O) groups is 1. The lowest BCUT2D eigenvalue weighted by atomic mass is 10.0. The standard InChI is InChI=1S/C11H15ClN2O4/c12-8-1-7(2-9(13)3-8)10(18)14-11(4-15,5-16)6-17/h1-3,15-17H,4-6,13H2,(H,14,18). The topological polar surface area (TPSA) is 116 Å². The molecule has 0 radical (unpaired) electrons. The molecule has 0 spiro atoms. The second kappa shape index (κ2) is 6.01. The van der Waals surface area contributed by atoms with Gasteiger partial charge in [-0.25, -0.2) is 0 Å². The molecule has 1 aromatic rings. The Balaban J connectivity index is 2.94. The van der Waals surface area contributed by atoms with E-state index in [2.05, 4.69) is 5.32 Å². The van der Waals surface area contributed by atoms with Gasteiger partial charge in [0.1, 0.15) is 5.54 Å². The number of hydrogen-bond acceptors (Lipinski definition) is 5. The van der Waals surface area contributed by atoms with Crippen LogP contribution in [0.1, 0.15) is 10.4 Å². The third kappa shape index (κ3) is 3.33. The van der Waals surface area contributed by atoms with Crippen LogP contribution in [-0.2, 0) is 0 Å². The van der Waals surface area contributed by atoms with Crippen molar-refractivity contribution in [2.75, 3.05) is 25.6 Å². The van der Waals surface area contributed by atoms with Gasteiger partial charge in [-0.3, -0.25) is 4.79 Å². The fourth-order valence-electron chi connectivity index (χ4n) is 1.33. The molecule has 0 saturated carbocycles. The van der Waals surface area contributed by atoms with E-state index in [4.69, 9.17) is 32.7 Å². The van der Waals surface area contributed by atoms with Crippen LogP contribution >= 0.6 is 11.6 Å². The normalized spacial score (nSPS) is 11.3. The maximum atomic E-state index is 11.9. The van der Waals surface area contributed by atoms with E-state index in [-0.39, 0.29) is 5.56 Å². The van der Waals surface area contributed by atoms with Crippen LogP contribution in [0.15, 0.2) is 18.2 Å². The molecule has 0 atom stereocenters. The Morgan fingerprint density at radius 3 is 2.22 bits per heavy atom. The SMILES string of the molecule is Nc1cc(Cl)cc(C(=O)NC(CO)(CO)CO)c1. The van der Waals surface area contributed by atoms with Crippen molar-refractivity contribution in [3.05, 3.63) is 28.8 Å². The van der Waals surface area contributed by atoms with Crippen molar-refractivity contribution < 1.29 is 20.1 Å². The van der Waals surface area contributed by atoms with Crippen LogP contribution in [0.25, 0.3) is 0 Å². The molecule has 7 heteroatoms. The van der Waals surface area contributed by atoms with Gasteiger partial charge in [0.25, 0.3) is 5.91 Å². The minimum absolute atomic E-state index is 0.180. The van der Waals surface area contributed by atoms with E-state index < -0.39 is 31.3 Å². The van der Waals surface area contributed by atoms with Gasteiger partial charge >= 0.3 is 0 Å². The van der Waals surface area contributed by atoms with E-state index >= 15 is 0 Å². The predicted molar refractivity (Wildman–Crippen MR) is 67.3 cm³/mol. The van der Waals surface area contributed by atoms with Gasteiger partial charge in [-0.2, -0.15) is 0 Å². The molecule has 0 fully saturated rings. The maximum Gasteiger partial charge on any atom is 0.252 e. The summed E-state index contributed by atoms with van der Waals surface area (Å²) in [5, 5.41) is 29.9. The van der Waals surface area contributed by atoms with Crippen molar-refractivity contribution in [1.82, 2.24) is 5.32 Å². The molecule has 1 amide bonds. The number of carbonyl (C=O) groups excluding carboxylic acids is 1. The Kier molecular flexibility index (Phi) is 4.92. The average molecular weight is 275 g/mol. The first-order valence-corrected chi connectivity index (χ1v) is 5.55. The Morgan fingerprint density at radius 2 is 1.78 bits per heavy atom. The minimum Gasteiger partial charge on any atom is -0.399 e. The maximum absolute atomic E-state index is 11.9. The highest BCUT2D eigenvalue weighted by atomic mass is 35.5. The van der Waals surface area contributed by atoms with Crippen LogP contribution in [0.4, 0.5) is 5.69 Å². The van der Waals surface area contributed by atoms with Crippen LogP contribution in [0.2, 0.25) is 5.02 Å². The van der Waals surface area contributed by atoms with Crippen molar-refractivity contribution in [2.45, 2.75) is 5.54 Å². The number of benzene rings is 1. The van der Waals surface area contributed by atoms with Crippen molar-refractivity contribution >= 4 is 23.2 Å². The van der Waals surface area contributed by atoms with E-state index in [1.807, 2.05) is 0 Å². The summed E-state index contributed by atoms with van der Waals surface area (Å²) in [5.74, 6) is -0.596. The Morgan fingerprint density at radius 1 is 1.22 bits per heavy atom. The molecule has 18 heavy (non-hydrogen) atoms. The van der Waals surface area contributed by atoms with Crippen LogP contribution < -0.4 is 11.1 Å². The Bertz CT molecular complexity index is 407. The summed E-state index contributed by atoms with van der Waals surface area (Å²) in [5.41, 5.74) is 4.56. The summed E-state index contributed by atoms with van der Waals surface area (Å²) < 4.78 is 0.